The van der Waals surface area contributed by atoms with Crippen LogP contribution in [0.15, 0.2) is 0 Å². The van der Waals surface area contributed by atoms with Crippen LogP contribution in [0, 0.1) is 5.41 Å². The second-order valence-corrected chi connectivity index (χ2v) is 5.24. The first-order valence-electron chi connectivity index (χ1n) is 5.74. The van der Waals surface area contributed by atoms with Crippen molar-refractivity contribution in [2.45, 2.75) is 44.2 Å². The van der Waals surface area contributed by atoms with Gasteiger partial charge in [-0.2, -0.15) is 0 Å². The van der Waals surface area contributed by atoms with Crippen molar-refractivity contribution in [2.24, 2.45) is 5.41 Å². The third-order valence-corrected chi connectivity index (χ3v) is 4.80. The number of rotatable bonds is 0. The lowest BCUT2D eigenvalue weighted by Gasteiger charge is -2.45. The summed E-state index contributed by atoms with van der Waals surface area (Å²) in [6.45, 7) is 2.55. The lowest BCUT2D eigenvalue weighted by molar-refractivity contribution is 0.0497. The first kappa shape index (κ1) is 8.25. The normalized spacial score (nSPS) is 50.5. The average Bonchev–Trinajstić information content (AvgIpc) is 2.63. The van der Waals surface area contributed by atoms with Crippen molar-refractivity contribution in [3.63, 3.8) is 0 Å². The van der Waals surface area contributed by atoms with Gasteiger partial charge in [0.15, 0.2) is 0 Å². The molecule has 0 saturated carbocycles. The van der Waals surface area contributed by atoms with Crippen molar-refractivity contribution >= 4 is 0 Å². The molecule has 3 atom stereocenters. The summed E-state index contributed by atoms with van der Waals surface area (Å²) in [5.41, 5.74) is 0.668. The maximum atomic E-state index is 3.56. The van der Waals surface area contributed by atoms with Crippen molar-refractivity contribution < 1.29 is 0 Å². The number of nitrogens with one attached hydrogen (secondary N) is 1. The molecule has 3 fully saturated rings. The minimum absolute atomic E-state index is 0.668. The summed E-state index contributed by atoms with van der Waals surface area (Å²) in [4.78, 5) is 2.68. The third-order valence-electron chi connectivity index (χ3n) is 4.80. The van der Waals surface area contributed by atoms with E-state index in [4.69, 9.17) is 0 Å². The number of fused-ring (bicyclic) bond motifs is 3. The van der Waals surface area contributed by atoms with Crippen LogP contribution in [-0.2, 0) is 0 Å². The third kappa shape index (κ3) is 1.02. The summed E-state index contributed by atoms with van der Waals surface area (Å²) in [6, 6.07) is 1.83. The topological polar surface area (TPSA) is 15.3 Å². The van der Waals surface area contributed by atoms with Crippen LogP contribution < -0.4 is 5.32 Å². The number of piperidine rings is 1. The Morgan fingerprint density at radius 3 is 2.92 bits per heavy atom. The molecule has 3 aliphatic heterocycles. The van der Waals surface area contributed by atoms with Crippen molar-refractivity contribution in [3.8, 4) is 0 Å². The zero-order chi connectivity index (χ0) is 8.89. The Morgan fingerprint density at radius 2 is 2.15 bits per heavy atom. The van der Waals surface area contributed by atoms with Crippen LogP contribution in [0.2, 0.25) is 0 Å². The first-order chi connectivity index (χ1) is 6.32. The zero-order valence-corrected chi connectivity index (χ0v) is 8.55. The van der Waals surface area contributed by atoms with Gasteiger partial charge in [0.1, 0.15) is 0 Å². The van der Waals surface area contributed by atoms with Crippen LogP contribution in [0.4, 0.5) is 0 Å². The molecule has 3 unspecified atom stereocenters. The lowest BCUT2D eigenvalue weighted by atomic mass is 9.73. The predicted molar refractivity (Wildman–Crippen MR) is 53.7 cm³/mol. The molecule has 2 nitrogen and oxygen atoms in total. The van der Waals surface area contributed by atoms with Crippen LogP contribution in [0.3, 0.4) is 0 Å². The standard InChI is InChI=1S/C11H20N2/c1-13-9-2-3-10(13)11(5-4-9)6-7-12-8-11/h9-10,12H,2-8H2,1H3. The molecule has 0 aliphatic carbocycles. The molecule has 74 valence electrons. The number of nitrogens with zero attached hydrogens (tertiary/aromatic N) is 1. The molecule has 1 spiro atoms. The minimum atomic E-state index is 0.668. The molecule has 13 heavy (non-hydrogen) atoms. The highest BCUT2D eigenvalue weighted by atomic mass is 15.2. The van der Waals surface area contributed by atoms with E-state index in [-0.39, 0.29) is 0 Å². The van der Waals surface area contributed by atoms with Gasteiger partial charge >= 0.3 is 0 Å². The SMILES string of the molecule is CN1C2CCC1C1(CCNC1)CC2. The highest BCUT2D eigenvalue weighted by Crippen LogP contribution is 2.48. The summed E-state index contributed by atoms with van der Waals surface area (Å²) >= 11 is 0. The van der Waals surface area contributed by atoms with Gasteiger partial charge in [0, 0.05) is 18.6 Å². The zero-order valence-electron chi connectivity index (χ0n) is 8.55. The Hall–Kier alpha value is -0.0800. The molecule has 0 aromatic carbocycles. The van der Waals surface area contributed by atoms with E-state index in [0.29, 0.717) is 5.41 Å². The lowest BCUT2D eigenvalue weighted by Crippen LogP contribution is -2.50. The van der Waals surface area contributed by atoms with E-state index in [1.807, 2.05) is 0 Å². The van der Waals surface area contributed by atoms with E-state index in [0.717, 1.165) is 12.1 Å². The first-order valence-corrected chi connectivity index (χ1v) is 5.74. The molecule has 3 rings (SSSR count). The maximum absolute atomic E-state index is 3.56. The monoisotopic (exact) mass is 180 g/mol. The second kappa shape index (κ2) is 2.71. The van der Waals surface area contributed by atoms with Gasteiger partial charge in [0.2, 0.25) is 0 Å². The fraction of sp³-hybridized carbons (Fsp3) is 1.00. The molecule has 2 bridgehead atoms. The Balaban J connectivity index is 1.89. The van der Waals surface area contributed by atoms with Gasteiger partial charge in [0.05, 0.1) is 0 Å². The summed E-state index contributed by atoms with van der Waals surface area (Å²) in [5.74, 6) is 0. The molecule has 3 aliphatic rings. The number of hydrogen-bond donors (Lipinski definition) is 1. The van der Waals surface area contributed by atoms with Gasteiger partial charge in [0.25, 0.3) is 0 Å². The molecule has 0 aromatic heterocycles. The fourth-order valence-corrected chi connectivity index (χ4v) is 3.98. The van der Waals surface area contributed by atoms with Gasteiger partial charge in [-0.15, -0.1) is 0 Å². The molecule has 2 heteroatoms. The highest BCUT2D eigenvalue weighted by molar-refractivity contribution is 5.06. The van der Waals surface area contributed by atoms with E-state index in [9.17, 15) is 0 Å². The molecule has 0 radical (unpaired) electrons. The summed E-state index contributed by atoms with van der Waals surface area (Å²) < 4.78 is 0. The largest absolute Gasteiger partial charge is 0.316 e. The summed E-state index contributed by atoms with van der Waals surface area (Å²) in [6.07, 6.45) is 7.29. The molecular weight excluding hydrogens is 160 g/mol. The molecular formula is C11H20N2. The summed E-state index contributed by atoms with van der Waals surface area (Å²) in [5, 5.41) is 3.56. The molecule has 3 heterocycles. The van der Waals surface area contributed by atoms with E-state index in [1.54, 1.807) is 0 Å². The van der Waals surface area contributed by atoms with E-state index < -0.39 is 0 Å². The van der Waals surface area contributed by atoms with Gasteiger partial charge in [-0.05, 0) is 51.1 Å². The van der Waals surface area contributed by atoms with Crippen LogP contribution in [-0.4, -0.2) is 37.1 Å². The quantitative estimate of drug-likeness (QED) is 0.603. The van der Waals surface area contributed by atoms with Crippen molar-refractivity contribution in [2.75, 3.05) is 20.1 Å². The maximum Gasteiger partial charge on any atom is 0.0165 e. The van der Waals surface area contributed by atoms with E-state index >= 15 is 0 Å². The van der Waals surface area contributed by atoms with Gasteiger partial charge in [-0.1, -0.05) is 0 Å². The van der Waals surface area contributed by atoms with Crippen molar-refractivity contribution in [1.82, 2.24) is 10.2 Å². The minimum Gasteiger partial charge on any atom is -0.316 e. The van der Waals surface area contributed by atoms with Gasteiger partial charge in [-0.25, -0.2) is 0 Å². The number of hydrogen-bond acceptors (Lipinski definition) is 2. The van der Waals surface area contributed by atoms with Gasteiger partial charge < -0.3 is 5.32 Å². The van der Waals surface area contributed by atoms with Crippen LogP contribution in [0.1, 0.15) is 32.1 Å². The van der Waals surface area contributed by atoms with E-state index in [1.165, 1.54) is 45.2 Å². The second-order valence-electron chi connectivity index (χ2n) is 5.24. The highest BCUT2D eigenvalue weighted by Gasteiger charge is 2.50. The Morgan fingerprint density at radius 1 is 1.23 bits per heavy atom. The Bertz CT molecular complexity index is 208. The van der Waals surface area contributed by atoms with Crippen molar-refractivity contribution in [1.29, 1.82) is 0 Å². The molecule has 3 saturated heterocycles. The van der Waals surface area contributed by atoms with Crippen LogP contribution >= 0.6 is 0 Å². The Kier molecular flexibility index (Phi) is 1.72. The molecule has 1 N–H and O–H groups in total. The van der Waals surface area contributed by atoms with Gasteiger partial charge in [-0.3, -0.25) is 4.90 Å². The van der Waals surface area contributed by atoms with E-state index in [2.05, 4.69) is 17.3 Å². The van der Waals surface area contributed by atoms with Crippen LogP contribution in [0.25, 0.3) is 0 Å². The molecule has 0 amide bonds. The smallest absolute Gasteiger partial charge is 0.0165 e. The average molecular weight is 180 g/mol. The van der Waals surface area contributed by atoms with Crippen molar-refractivity contribution in [3.05, 3.63) is 0 Å². The molecule has 0 aromatic rings. The summed E-state index contributed by atoms with van der Waals surface area (Å²) in [7, 11) is 2.35. The van der Waals surface area contributed by atoms with Crippen LogP contribution in [0.5, 0.6) is 0 Å². The predicted octanol–water partition coefficient (Wildman–Crippen LogP) is 1.22. The fourth-order valence-electron chi connectivity index (χ4n) is 3.98. The Labute approximate surface area is 80.7 Å².